The Morgan fingerprint density at radius 2 is 0.604 bits per heavy atom. The Morgan fingerprint density at radius 3 is 1.02 bits per heavy atom. The van der Waals surface area contributed by atoms with Gasteiger partial charge in [0.2, 0.25) is 0 Å². The van der Waals surface area contributed by atoms with Crippen LogP contribution in [0, 0.1) is 11.8 Å². The first-order valence-corrected chi connectivity index (χ1v) is 36.3. The fourth-order valence-corrected chi connectivity index (χ4v) is 15.2. The molecule has 2 aliphatic rings. The molecule has 106 heavy (non-hydrogen) atoms. The number of hydrogen-bond acceptors (Lipinski definition) is 4. The summed E-state index contributed by atoms with van der Waals surface area (Å²) in [4.78, 5) is 2.32. The third-order valence-electron chi connectivity index (χ3n) is 19.9. The zero-order chi connectivity index (χ0) is 72.6. The predicted octanol–water partition coefficient (Wildman–Crippen LogP) is 30.3. The maximum absolute atomic E-state index is 6.58. The van der Waals surface area contributed by atoms with E-state index in [1.807, 2.05) is 62.4 Å². The minimum Gasteiger partial charge on any atom is -0.455 e. The number of anilines is 5. The van der Waals surface area contributed by atoms with Crippen LogP contribution in [0.5, 0.6) is 0 Å². The highest BCUT2D eigenvalue weighted by atomic mass is 79.9. The number of rotatable bonds is 11. The van der Waals surface area contributed by atoms with E-state index in [1.54, 1.807) is 0 Å². The molecular weight excluding hydrogens is 1350 g/mol. The van der Waals surface area contributed by atoms with Crippen molar-refractivity contribution in [2.75, 3.05) is 10.2 Å². The van der Waals surface area contributed by atoms with Crippen LogP contribution in [0.1, 0.15) is 47.9 Å². The molecule has 2 aliphatic carbocycles. The Labute approximate surface area is 631 Å². The van der Waals surface area contributed by atoms with Crippen molar-refractivity contribution in [1.29, 1.82) is 0 Å². The zero-order valence-corrected chi connectivity index (χ0v) is 59.5. The van der Waals surface area contributed by atoms with E-state index in [4.69, 9.17) is 11.8 Å². The van der Waals surface area contributed by atoms with Gasteiger partial charge in [0, 0.05) is 48.7 Å². The number of nitrogens with one attached hydrogen (secondary N) is 1. The SMILES string of the molecule is Brc1cccc2c1oc1ccccc12.C.C1=Cc2ccc(-c3ccc(N(c4ccc(-c5ccccc5)cc4)c4cccc5c4oc4ccccc45)cc3)c3c(-c4ccccc4)ccc1c23.C1=Cc2ccc(-c3ccc(Nc4ccc(-c5ccccc5)cc4)cc3)c3c(-c4ccccc4)ccc1c23.CC#CC.[2HH].[2H][2H]. The standard InChI is InChI=1S/C48H31NO.C36H25N.C12H7BrO.C4H6.CH4.2H2/c1-3-10-32(11-4-1)33-20-26-38(27-21-33)49(44-16-9-15-43-42-14-7-8-17-45(42)50-48(43)44)39-28-22-35(23-29-39)41-31-25-37-19-18-36-24-30-40(47(41)46(36)37)34-12-5-2-6-13-34;1-3-7-25(8-4-1)26-13-19-31(20-14-26)37-32-21-15-28(16-22-32)34-24-18-30-12-11-29-17-23-33(36(34)35(29)30)27-9-5-2-6-10-27;13-10-6-3-5-9-8-4-1-2-7-11(8)14-12(9)10;1-3-4-2;;;/h1-31H;1-24,37H;1-7H;1-2H3;1H4;2*1H/i;;;;;1+1D;1+1. The van der Waals surface area contributed by atoms with E-state index in [0.29, 0.717) is 0 Å². The van der Waals surface area contributed by atoms with E-state index in [9.17, 15) is 0 Å². The largest absolute Gasteiger partial charge is 0.455 e. The average molecular weight is 1430 g/mol. The first-order valence-electron chi connectivity index (χ1n) is 36.5. The topological polar surface area (TPSA) is 41.6 Å². The van der Waals surface area contributed by atoms with Crippen LogP contribution in [-0.2, 0) is 0 Å². The molecule has 18 aromatic rings. The smallest absolute Gasteiger partial charge is 0.159 e. The Hall–Kier alpha value is -13.2. The quantitative estimate of drug-likeness (QED) is 0.131. The lowest BCUT2D eigenvalue weighted by molar-refractivity contribution is 0.667. The first-order chi connectivity index (χ1) is 52.9. The summed E-state index contributed by atoms with van der Waals surface area (Å²) in [5.74, 6) is 5.36. The molecule has 0 spiro atoms. The summed E-state index contributed by atoms with van der Waals surface area (Å²) in [5.41, 5.74) is 28.8. The minimum absolute atomic E-state index is 0. The van der Waals surface area contributed by atoms with E-state index >= 15 is 0 Å². The third-order valence-corrected chi connectivity index (χ3v) is 20.5. The van der Waals surface area contributed by atoms with Crippen molar-refractivity contribution in [2.24, 2.45) is 0 Å². The molecule has 0 aliphatic heterocycles. The molecule has 4 nitrogen and oxygen atoms in total. The summed E-state index contributed by atoms with van der Waals surface area (Å²) in [5, 5.41) is 13.4. The number of benzene rings is 16. The molecule has 2 aromatic heterocycles. The molecule has 1 N–H and O–H groups in total. The highest BCUT2D eigenvalue weighted by Crippen LogP contribution is 2.48. The molecule has 0 unspecified atom stereocenters. The Balaban J connectivity index is 0.000000147. The monoisotopic (exact) mass is 1430 g/mol. The summed E-state index contributed by atoms with van der Waals surface area (Å²) in [6.07, 6.45) is 8.93. The molecule has 510 valence electrons. The van der Waals surface area contributed by atoms with E-state index in [2.05, 4.69) is 366 Å². The van der Waals surface area contributed by atoms with Crippen LogP contribution >= 0.6 is 15.9 Å². The van der Waals surface area contributed by atoms with E-state index in [-0.39, 0.29) is 8.85 Å². The molecule has 0 saturated heterocycles. The van der Waals surface area contributed by atoms with E-state index in [0.717, 1.165) is 71.4 Å². The van der Waals surface area contributed by atoms with Crippen LogP contribution in [0.2, 0.25) is 0 Å². The van der Waals surface area contributed by atoms with Crippen molar-refractivity contribution in [3.63, 3.8) is 0 Å². The predicted molar refractivity (Wildman–Crippen MR) is 462 cm³/mol. The van der Waals surface area contributed by atoms with Crippen molar-refractivity contribution in [3.8, 4) is 78.6 Å². The van der Waals surface area contributed by atoms with Crippen LogP contribution in [0.3, 0.4) is 0 Å². The number of fused-ring (bicyclic) bond motifs is 6. The molecule has 0 radical (unpaired) electrons. The molecule has 2 heterocycles. The maximum atomic E-state index is 6.58. The average Bonchev–Trinajstić information content (AvgIpc) is 1.73. The van der Waals surface area contributed by atoms with Crippen molar-refractivity contribution < 1.29 is 13.2 Å². The van der Waals surface area contributed by atoms with Crippen molar-refractivity contribution in [3.05, 3.63) is 379 Å². The summed E-state index contributed by atoms with van der Waals surface area (Å²) in [6, 6.07) is 125. The number of halogens is 1. The first kappa shape index (κ1) is 66.0. The van der Waals surface area contributed by atoms with Crippen molar-refractivity contribution in [2.45, 2.75) is 21.3 Å². The molecule has 16 aromatic carbocycles. The molecule has 0 fully saturated rings. The van der Waals surface area contributed by atoms with Crippen LogP contribution < -0.4 is 10.2 Å². The second kappa shape index (κ2) is 30.0. The van der Waals surface area contributed by atoms with E-state index < -0.39 is 0 Å². The molecule has 0 atom stereocenters. The van der Waals surface area contributed by atoms with Crippen LogP contribution in [0.4, 0.5) is 28.4 Å². The fraction of sp³-hybridized carbons (Fsp3) is 0.0297. The Morgan fingerprint density at radius 1 is 0.292 bits per heavy atom. The summed E-state index contributed by atoms with van der Waals surface area (Å²) < 4.78 is 23.3. The van der Waals surface area contributed by atoms with Gasteiger partial charge in [-0.2, -0.15) is 0 Å². The highest BCUT2D eigenvalue weighted by molar-refractivity contribution is 9.10. The molecule has 20 rings (SSSR count). The third kappa shape index (κ3) is 13.2. The fourth-order valence-electron chi connectivity index (χ4n) is 14.8. The van der Waals surface area contributed by atoms with Gasteiger partial charge in [0.1, 0.15) is 16.7 Å². The number of nitrogens with zero attached hydrogens (tertiary/aromatic N) is 1. The summed E-state index contributed by atoms with van der Waals surface area (Å²) in [6.45, 7) is 3.64. The van der Waals surface area contributed by atoms with Gasteiger partial charge in [0.15, 0.2) is 5.58 Å². The lowest BCUT2D eigenvalue weighted by atomic mass is 9.89. The maximum Gasteiger partial charge on any atom is 0.159 e. The van der Waals surface area contributed by atoms with Gasteiger partial charge in [-0.25, -0.2) is 0 Å². The zero-order valence-electron chi connectivity index (χ0n) is 59.9. The van der Waals surface area contributed by atoms with Crippen molar-refractivity contribution >= 4 is 134 Å². The normalized spacial score (nSPS) is 11.4. The second-order valence-corrected chi connectivity index (χ2v) is 27.0. The van der Waals surface area contributed by atoms with Gasteiger partial charge < -0.3 is 19.1 Å². The Kier molecular flexibility index (Phi) is 18.7. The van der Waals surface area contributed by atoms with Gasteiger partial charge in [0.05, 0.1) is 10.2 Å². The lowest BCUT2D eigenvalue weighted by Crippen LogP contribution is -2.10. The van der Waals surface area contributed by atoms with Crippen LogP contribution in [-0.4, -0.2) is 0 Å². The molecule has 0 amide bonds. The van der Waals surface area contributed by atoms with Gasteiger partial charge in [0.25, 0.3) is 0 Å². The van der Waals surface area contributed by atoms with Gasteiger partial charge >= 0.3 is 0 Å². The molecule has 0 saturated carbocycles. The van der Waals surface area contributed by atoms with Gasteiger partial charge in [-0.05, 0) is 213 Å². The number of para-hydroxylation sites is 4. The molecule has 5 heteroatoms. The van der Waals surface area contributed by atoms with E-state index in [1.165, 1.54) is 116 Å². The summed E-state index contributed by atoms with van der Waals surface area (Å²) in [7, 11) is 0. The highest BCUT2D eigenvalue weighted by Gasteiger charge is 2.23. The molecule has 0 bridgehead atoms. The van der Waals surface area contributed by atoms with Gasteiger partial charge in [-0.1, -0.05) is 311 Å². The van der Waals surface area contributed by atoms with Crippen LogP contribution in [0.25, 0.3) is 156 Å². The minimum atomic E-state index is 0. The van der Waals surface area contributed by atoms with Gasteiger partial charge in [-0.3, -0.25) is 0 Å². The second-order valence-electron chi connectivity index (χ2n) is 26.1. The Bertz CT molecular complexity index is 6340. The van der Waals surface area contributed by atoms with Crippen LogP contribution in [0.15, 0.2) is 365 Å². The lowest BCUT2D eigenvalue weighted by Gasteiger charge is -2.26. The number of furan rings is 2. The summed E-state index contributed by atoms with van der Waals surface area (Å²) >= 11 is 3.48. The van der Waals surface area contributed by atoms with Gasteiger partial charge in [-0.15, -0.1) is 11.8 Å². The number of hydrogen-bond donors (Lipinski definition) is 1. The molecular formula is C101H77BrN2O2. The van der Waals surface area contributed by atoms with Crippen molar-refractivity contribution in [1.82, 2.24) is 0 Å².